The zero-order chi connectivity index (χ0) is 21.2. The number of benzene rings is 1. The molecule has 1 amide bonds. The molecule has 0 bridgehead atoms. The molecule has 4 unspecified atom stereocenters. The quantitative estimate of drug-likeness (QED) is 0.561. The summed E-state index contributed by atoms with van der Waals surface area (Å²) in [6.45, 7) is 0.669. The van der Waals surface area contributed by atoms with Crippen LogP contribution in [0.3, 0.4) is 0 Å². The molecule has 3 heterocycles. The van der Waals surface area contributed by atoms with Crippen molar-refractivity contribution in [2.75, 3.05) is 6.54 Å². The molecule has 2 saturated carbocycles. The molecule has 2 aliphatic carbocycles. The molecule has 1 spiro atoms. The summed E-state index contributed by atoms with van der Waals surface area (Å²) >= 11 is 3.38. The Morgan fingerprint density at radius 3 is 2.77 bits per heavy atom. The summed E-state index contributed by atoms with van der Waals surface area (Å²) in [6, 6.07) is 9.58. The number of piperidine rings is 1. The summed E-state index contributed by atoms with van der Waals surface area (Å²) in [5.74, 6) is 0.788. The number of hydrogen-bond acceptors (Lipinski definition) is 5. The number of ether oxygens (including phenoxy) is 1. The van der Waals surface area contributed by atoms with E-state index in [-0.39, 0.29) is 29.0 Å². The van der Waals surface area contributed by atoms with Gasteiger partial charge in [0, 0.05) is 46.7 Å². The molecule has 3 aliphatic rings. The number of carbonyl (C=O) groups excluding carboxylic acids is 1. The highest BCUT2D eigenvalue weighted by atomic mass is 79.9. The molecule has 156 valence electrons. The van der Waals surface area contributed by atoms with Gasteiger partial charge in [0.05, 0.1) is 11.6 Å². The first-order valence-corrected chi connectivity index (χ1v) is 11.0. The first kappa shape index (κ1) is 18.9. The Bertz CT molecular complexity index is 1180. The van der Waals surface area contributed by atoms with E-state index in [0.29, 0.717) is 29.7 Å². The van der Waals surface area contributed by atoms with Crippen LogP contribution in [0.4, 0.5) is 4.39 Å². The molecule has 2 aromatic heterocycles. The van der Waals surface area contributed by atoms with Crippen LogP contribution in [-0.2, 0) is 0 Å². The van der Waals surface area contributed by atoms with Crippen molar-refractivity contribution in [1.82, 2.24) is 19.9 Å². The molecular weight excluding hydrogens is 463 g/mol. The largest absolute Gasteiger partial charge is 0.472 e. The number of nitrogens with zero attached hydrogens (tertiary/aromatic N) is 4. The van der Waals surface area contributed by atoms with Gasteiger partial charge in [-0.25, -0.2) is 19.3 Å². The van der Waals surface area contributed by atoms with Crippen molar-refractivity contribution in [3.8, 4) is 17.3 Å². The molecule has 6 rings (SSSR count). The fourth-order valence-corrected chi connectivity index (χ4v) is 5.56. The molecule has 1 aliphatic heterocycles. The van der Waals surface area contributed by atoms with Gasteiger partial charge in [0.1, 0.15) is 11.9 Å². The lowest BCUT2D eigenvalue weighted by molar-refractivity contribution is -0.0345. The molecule has 0 N–H and O–H groups in total. The maximum Gasteiger partial charge on any atom is 0.255 e. The van der Waals surface area contributed by atoms with Crippen LogP contribution in [0.2, 0.25) is 0 Å². The van der Waals surface area contributed by atoms with Gasteiger partial charge in [0.25, 0.3) is 5.91 Å². The number of aromatic nitrogens is 3. The van der Waals surface area contributed by atoms with Crippen LogP contribution in [0.5, 0.6) is 5.88 Å². The molecule has 1 saturated heterocycles. The molecule has 4 atom stereocenters. The van der Waals surface area contributed by atoms with Gasteiger partial charge in [-0.05, 0) is 65.0 Å². The predicted octanol–water partition coefficient (Wildman–Crippen LogP) is 4.12. The average Bonchev–Trinajstić information content (AvgIpc) is 3.43. The van der Waals surface area contributed by atoms with E-state index in [4.69, 9.17) is 4.74 Å². The van der Waals surface area contributed by atoms with Crippen LogP contribution in [-0.4, -0.2) is 44.4 Å². The number of likely N-dealkylation sites (tertiary alicyclic amines) is 1. The maximum absolute atomic E-state index is 14.1. The van der Waals surface area contributed by atoms with Crippen molar-refractivity contribution in [3.63, 3.8) is 0 Å². The Morgan fingerprint density at radius 1 is 1.16 bits per heavy atom. The number of halogens is 2. The van der Waals surface area contributed by atoms with Crippen LogP contribution in [0.25, 0.3) is 11.4 Å². The molecule has 1 aromatic carbocycles. The van der Waals surface area contributed by atoms with Crippen molar-refractivity contribution in [2.45, 2.75) is 25.0 Å². The molecule has 3 aromatic rings. The van der Waals surface area contributed by atoms with E-state index in [9.17, 15) is 9.18 Å². The molecule has 3 fully saturated rings. The van der Waals surface area contributed by atoms with Crippen molar-refractivity contribution >= 4 is 21.8 Å². The number of pyridine rings is 1. The van der Waals surface area contributed by atoms with Gasteiger partial charge in [-0.3, -0.25) is 4.79 Å². The number of rotatable bonds is 4. The van der Waals surface area contributed by atoms with Gasteiger partial charge in [-0.1, -0.05) is 0 Å². The van der Waals surface area contributed by atoms with E-state index in [0.717, 1.165) is 17.3 Å². The van der Waals surface area contributed by atoms with E-state index in [2.05, 4.69) is 30.9 Å². The van der Waals surface area contributed by atoms with Crippen LogP contribution in [0.1, 0.15) is 23.2 Å². The third kappa shape index (κ3) is 2.96. The van der Waals surface area contributed by atoms with Crippen molar-refractivity contribution < 1.29 is 13.9 Å². The first-order valence-electron chi connectivity index (χ1n) is 10.2. The van der Waals surface area contributed by atoms with Gasteiger partial charge < -0.3 is 9.64 Å². The smallest absolute Gasteiger partial charge is 0.255 e. The number of hydrogen-bond donors (Lipinski definition) is 0. The second-order valence-corrected chi connectivity index (χ2v) is 9.39. The zero-order valence-corrected chi connectivity index (χ0v) is 18.0. The minimum absolute atomic E-state index is 0.0248. The topological polar surface area (TPSA) is 68.2 Å². The second-order valence-electron chi connectivity index (χ2n) is 8.47. The van der Waals surface area contributed by atoms with Gasteiger partial charge >= 0.3 is 0 Å². The second kappa shape index (κ2) is 6.82. The Labute approximate surface area is 186 Å². The summed E-state index contributed by atoms with van der Waals surface area (Å²) < 4.78 is 21.2. The molecule has 0 radical (unpaired) electrons. The minimum atomic E-state index is -0.456. The van der Waals surface area contributed by atoms with E-state index >= 15 is 0 Å². The number of carbonyl (C=O) groups is 1. The lowest BCUT2D eigenvalue weighted by atomic mass is 9.73. The maximum atomic E-state index is 14.1. The van der Waals surface area contributed by atoms with Crippen molar-refractivity contribution in [1.29, 1.82) is 0 Å². The Hall–Kier alpha value is -2.87. The molecule has 31 heavy (non-hydrogen) atoms. The summed E-state index contributed by atoms with van der Waals surface area (Å²) in [6.07, 6.45) is 6.84. The van der Waals surface area contributed by atoms with E-state index in [1.54, 1.807) is 30.7 Å². The summed E-state index contributed by atoms with van der Waals surface area (Å²) in [5.41, 5.74) is 0.968. The monoisotopic (exact) mass is 480 g/mol. The summed E-state index contributed by atoms with van der Waals surface area (Å²) in [4.78, 5) is 28.3. The van der Waals surface area contributed by atoms with Gasteiger partial charge in [-0.2, -0.15) is 0 Å². The highest BCUT2D eigenvalue weighted by Crippen LogP contribution is 2.71. The lowest BCUT2D eigenvalue weighted by Crippen LogP contribution is -2.59. The van der Waals surface area contributed by atoms with Crippen molar-refractivity contribution in [2.24, 2.45) is 11.3 Å². The van der Waals surface area contributed by atoms with Gasteiger partial charge in [0.2, 0.25) is 5.88 Å². The molecule has 8 heteroatoms. The highest BCUT2D eigenvalue weighted by molar-refractivity contribution is 9.10. The van der Waals surface area contributed by atoms with Crippen molar-refractivity contribution in [3.05, 3.63) is 70.8 Å². The van der Waals surface area contributed by atoms with E-state index < -0.39 is 5.82 Å². The Kier molecular flexibility index (Phi) is 4.15. The summed E-state index contributed by atoms with van der Waals surface area (Å²) in [5, 5.41) is 0. The normalized spacial score (nSPS) is 27.8. The fraction of sp³-hybridized carbons (Fsp3) is 0.304. The van der Waals surface area contributed by atoms with Crippen LogP contribution in [0, 0.1) is 17.2 Å². The standard InChI is InChI=1S/C23H18BrFN4O2/c24-14-2-5-19(28-11-14)31-18-10-23-9-13(23)12-29(20(18)23)22(30)17-8-15(25)3-4-16(17)21-26-6-1-7-27-21/h1-8,11,13,18,20H,9-10,12H2. The van der Waals surface area contributed by atoms with Gasteiger partial charge in [0.15, 0.2) is 5.82 Å². The Balaban J connectivity index is 1.31. The van der Waals surface area contributed by atoms with Crippen LogP contribution in [0.15, 0.2) is 59.5 Å². The van der Waals surface area contributed by atoms with E-state index in [1.165, 1.54) is 12.1 Å². The lowest BCUT2D eigenvalue weighted by Gasteiger charge is -2.47. The van der Waals surface area contributed by atoms with E-state index in [1.807, 2.05) is 17.0 Å². The SMILES string of the molecule is O=C(c1cc(F)ccc1-c1ncccn1)N1CC2CC23CC(Oc2ccc(Br)cn2)C13. The third-order valence-corrected chi connectivity index (χ3v) is 7.28. The first-order chi connectivity index (χ1) is 15.0. The molecular formula is C23H18BrFN4O2. The van der Waals surface area contributed by atoms with Crippen LogP contribution >= 0.6 is 15.9 Å². The molecule has 6 nitrogen and oxygen atoms in total. The Morgan fingerprint density at radius 2 is 2.00 bits per heavy atom. The predicted molar refractivity (Wildman–Crippen MR) is 114 cm³/mol. The highest BCUT2D eigenvalue weighted by Gasteiger charge is 2.76. The third-order valence-electron chi connectivity index (χ3n) is 6.81. The van der Waals surface area contributed by atoms with Gasteiger partial charge in [-0.15, -0.1) is 0 Å². The average molecular weight is 481 g/mol. The van der Waals surface area contributed by atoms with Crippen LogP contribution < -0.4 is 4.74 Å². The zero-order valence-electron chi connectivity index (χ0n) is 16.4. The minimum Gasteiger partial charge on any atom is -0.472 e. The number of amides is 1. The summed E-state index contributed by atoms with van der Waals surface area (Å²) in [7, 11) is 0. The fourth-order valence-electron chi connectivity index (χ4n) is 5.32.